The molecule has 0 aliphatic carbocycles. The Balaban J connectivity index is 3.38. The number of nitrogens with zero attached hydrogens (tertiary/aromatic N) is 1. The second-order valence-electron chi connectivity index (χ2n) is 2.85. The predicted octanol–water partition coefficient (Wildman–Crippen LogP) is 0.593. The highest BCUT2D eigenvalue weighted by Gasteiger charge is 2.13. The number of aromatic amines is 1. The lowest BCUT2D eigenvalue weighted by Crippen LogP contribution is -2.23. The van der Waals surface area contributed by atoms with Crippen molar-refractivity contribution in [2.75, 3.05) is 0 Å². The van der Waals surface area contributed by atoms with E-state index in [1.54, 1.807) is 0 Å². The first-order chi connectivity index (χ1) is 6.60. The van der Waals surface area contributed by atoms with Crippen LogP contribution >= 0.6 is 0 Å². The summed E-state index contributed by atoms with van der Waals surface area (Å²) in [5.74, 6) is -1.29. The monoisotopic (exact) mass is 196 g/mol. The maximum atomic E-state index is 11.2. The topological polar surface area (TPSA) is 83.0 Å². The number of hydrogen-bond acceptors (Lipinski definition) is 3. The van der Waals surface area contributed by atoms with E-state index in [4.69, 9.17) is 5.11 Å². The first-order valence-electron chi connectivity index (χ1n) is 4.45. The largest absolute Gasteiger partial charge is 0.476 e. The third kappa shape index (κ3) is 1.81. The van der Waals surface area contributed by atoms with Gasteiger partial charge in [-0.15, -0.1) is 0 Å². The normalized spacial score (nSPS) is 10.1. The summed E-state index contributed by atoms with van der Waals surface area (Å²) in [5.41, 5.74) is 0.289. The molecule has 0 aliphatic rings. The second-order valence-corrected chi connectivity index (χ2v) is 2.85. The van der Waals surface area contributed by atoms with Gasteiger partial charge in [0, 0.05) is 5.69 Å². The summed E-state index contributed by atoms with van der Waals surface area (Å²) in [6, 6.07) is 0. The van der Waals surface area contributed by atoms with Crippen LogP contribution in [0.4, 0.5) is 0 Å². The third-order valence-electron chi connectivity index (χ3n) is 1.97. The van der Waals surface area contributed by atoms with E-state index in [0.717, 1.165) is 0 Å². The maximum absolute atomic E-state index is 11.2. The molecule has 0 amide bonds. The Hall–Kier alpha value is -1.65. The minimum Gasteiger partial charge on any atom is -0.476 e. The van der Waals surface area contributed by atoms with Crippen molar-refractivity contribution in [1.82, 2.24) is 9.97 Å². The van der Waals surface area contributed by atoms with Crippen molar-refractivity contribution in [2.24, 2.45) is 0 Å². The molecular formula is C9H12N2O3. The Labute approximate surface area is 80.8 Å². The van der Waals surface area contributed by atoms with Gasteiger partial charge in [-0.2, -0.15) is 0 Å². The number of aromatic nitrogens is 2. The predicted molar refractivity (Wildman–Crippen MR) is 50.6 cm³/mol. The lowest BCUT2D eigenvalue weighted by molar-refractivity contribution is 0.0688. The summed E-state index contributed by atoms with van der Waals surface area (Å²) in [6.45, 7) is 3.75. The molecule has 0 unspecified atom stereocenters. The molecule has 14 heavy (non-hydrogen) atoms. The molecule has 5 nitrogen and oxygen atoms in total. The van der Waals surface area contributed by atoms with Crippen LogP contribution in [0, 0.1) is 0 Å². The molecule has 0 bridgehead atoms. The SMILES string of the molecule is CCc1nc(C(=O)O)c(=O)[nH]c1CC. The fraction of sp³-hybridized carbons (Fsp3) is 0.444. The Kier molecular flexibility index (Phi) is 3.01. The number of carboxylic acid groups (broad SMARTS) is 1. The van der Waals surface area contributed by atoms with Gasteiger partial charge in [0.2, 0.25) is 5.69 Å². The van der Waals surface area contributed by atoms with Crippen molar-refractivity contribution in [2.45, 2.75) is 26.7 Å². The average molecular weight is 196 g/mol. The fourth-order valence-electron chi connectivity index (χ4n) is 1.25. The molecule has 1 aromatic rings. The van der Waals surface area contributed by atoms with Gasteiger partial charge in [0.25, 0.3) is 5.56 Å². The van der Waals surface area contributed by atoms with Gasteiger partial charge in [-0.25, -0.2) is 9.78 Å². The highest BCUT2D eigenvalue weighted by Crippen LogP contribution is 2.02. The number of nitrogens with one attached hydrogen (secondary N) is 1. The molecular weight excluding hydrogens is 184 g/mol. The zero-order valence-corrected chi connectivity index (χ0v) is 8.13. The van der Waals surface area contributed by atoms with E-state index in [2.05, 4.69) is 9.97 Å². The van der Waals surface area contributed by atoms with Crippen LogP contribution in [0.2, 0.25) is 0 Å². The summed E-state index contributed by atoms with van der Waals surface area (Å²) in [4.78, 5) is 28.2. The summed E-state index contributed by atoms with van der Waals surface area (Å²) in [5, 5.41) is 8.67. The fourth-order valence-corrected chi connectivity index (χ4v) is 1.25. The first kappa shape index (κ1) is 10.4. The van der Waals surface area contributed by atoms with Gasteiger partial charge in [0.1, 0.15) is 0 Å². The number of hydrogen-bond donors (Lipinski definition) is 2. The van der Waals surface area contributed by atoms with Crippen LogP contribution in [0.5, 0.6) is 0 Å². The number of aryl methyl sites for hydroxylation is 2. The summed E-state index contributed by atoms with van der Waals surface area (Å²) >= 11 is 0. The van der Waals surface area contributed by atoms with Crippen LogP contribution in [0.25, 0.3) is 0 Å². The zero-order valence-electron chi connectivity index (χ0n) is 8.13. The molecule has 0 aliphatic heterocycles. The molecule has 0 aromatic carbocycles. The third-order valence-corrected chi connectivity index (χ3v) is 1.97. The lowest BCUT2D eigenvalue weighted by atomic mass is 10.2. The van der Waals surface area contributed by atoms with Gasteiger partial charge in [0.15, 0.2) is 0 Å². The molecule has 0 saturated carbocycles. The zero-order chi connectivity index (χ0) is 10.7. The van der Waals surface area contributed by atoms with Gasteiger partial charge in [0.05, 0.1) is 5.69 Å². The van der Waals surface area contributed by atoms with E-state index in [9.17, 15) is 9.59 Å². The van der Waals surface area contributed by atoms with Crippen LogP contribution in [-0.4, -0.2) is 21.0 Å². The van der Waals surface area contributed by atoms with E-state index in [0.29, 0.717) is 24.2 Å². The second kappa shape index (κ2) is 4.04. The number of carbonyl (C=O) groups is 1. The van der Waals surface area contributed by atoms with Crippen LogP contribution < -0.4 is 5.56 Å². The highest BCUT2D eigenvalue weighted by molar-refractivity contribution is 5.84. The smallest absolute Gasteiger partial charge is 0.360 e. The van der Waals surface area contributed by atoms with E-state index in [1.807, 2.05) is 13.8 Å². The molecule has 0 saturated heterocycles. The molecule has 0 fully saturated rings. The summed E-state index contributed by atoms with van der Waals surface area (Å²) < 4.78 is 0. The molecule has 2 N–H and O–H groups in total. The van der Waals surface area contributed by atoms with E-state index < -0.39 is 17.2 Å². The van der Waals surface area contributed by atoms with Crippen molar-refractivity contribution in [3.63, 3.8) is 0 Å². The Morgan fingerprint density at radius 2 is 2.07 bits per heavy atom. The summed E-state index contributed by atoms with van der Waals surface area (Å²) in [7, 11) is 0. The standard InChI is InChI=1S/C9H12N2O3/c1-3-5-6(4-2)11-8(12)7(10-5)9(13)14/h3-4H2,1-2H3,(H,11,12)(H,13,14). The first-order valence-corrected chi connectivity index (χ1v) is 4.45. The van der Waals surface area contributed by atoms with E-state index in [1.165, 1.54) is 0 Å². The molecule has 1 heterocycles. The van der Waals surface area contributed by atoms with Crippen LogP contribution in [0.1, 0.15) is 35.7 Å². The summed E-state index contributed by atoms with van der Waals surface area (Å²) in [6.07, 6.45) is 1.26. The molecule has 1 aromatic heterocycles. The van der Waals surface area contributed by atoms with Crippen molar-refractivity contribution in [3.05, 3.63) is 27.4 Å². The van der Waals surface area contributed by atoms with Gasteiger partial charge < -0.3 is 10.1 Å². The average Bonchev–Trinajstić information content (AvgIpc) is 2.16. The number of aromatic carboxylic acids is 1. The van der Waals surface area contributed by atoms with Crippen molar-refractivity contribution < 1.29 is 9.90 Å². The molecule has 1 rings (SSSR count). The quantitative estimate of drug-likeness (QED) is 0.741. The minimum atomic E-state index is -1.29. The molecule has 76 valence electrons. The van der Waals surface area contributed by atoms with Gasteiger partial charge in [-0.05, 0) is 12.8 Å². The van der Waals surface area contributed by atoms with Gasteiger partial charge in [-0.1, -0.05) is 13.8 Å². The molecule has 0 spiro atoms. The number of carboxylic acids is 1. The molecule has 0 atom stereocenters. The lowest BCUT2D eigenvalue weighted by Gasteiger charge is -2.04. The Morgan fingerprint density at radius 3 is 2.50 bits per heavy atom. The van der Waals surface area contributed by atoms with Crippen molar-refractivity contribution in [3.8, 4) is 0 Å². The van der Waals surface area contributed by atoms with Crippen molar-refractivity contribution >= 4 is 5.97 Å². The van der Waals surface area contributed by atoms with Gasteiger partial charge >= 0.3 is 5.97 Å². The van der Waals surface area contributed by atoms with E-state index >= 15 is 0 Å². The Morgan fingerprint density at radius 1 is 1.43 bits per heavy atom. The van der Waals surface area contributed by atoms with Gasteiger partial charge in [-0.3, -0.25) is 4.79 Å². The molecule has 5 heteroatoms. The van der Waals surface area contributed by atoms with E-state index in [-0.39, 0.29) is 0 Å². The van der Waals surface area contributed by atoms with Crippen LogP contribution in [-0.2, 0) is 12.8 Å². The minimum absolute atomic E-state index is 0.431. The number of rotatable bonds is 3. The number of H-pyrrole nitrogens is 1. The highest BCUT2D eigenvalue weighted by atomic mass is 16.4. The Bertz CT molecular complexity index is 409. The van der Waals surface area contributed by atoms with Crippen LogP contribution in [0.3, 0.4) is 0 Å². The van der Waals surface area contributed by atoms with Crippen molar-refractivity contribution in [1.29, 1.82) is 0 Å². The maximum Gasteiger partial charge on any atom is 0.360 e. The molecule has 0 radical (unpaired) electrons. The van der Waals surface area contributed by atoms with Crippen LogP contribution in [0.15, 0.2) is 4.79 Å².